The molecule has 24 heavy (non-hydrogen) atoms. The van der Waals surface area contributed by atoms with Crippen LogP contribution in [-0.4, -0.2) is 81.1 Å². The molecule has 2 aromatic rings. The molecule has 0 spiro atoms. The summed E-state index contributed by atoms with van der Waals surface area (Å²) >= 11 is 0. The van der Waals surface area contributed by atoms with Gasteiger partial charge in [-0.25, -0.2) is 4.98 Å². The van der Waals surface area contributed by atoms with E-state index in [0.29, 0.717) is 6.54 Å². The summed E-state index contributed by atoms with van der Waals surface area (Å²) in [5, 5.41) is 8.38. The number of fused-ring (bicyclic) bond motifs is 1. The first kappa shape index (κ1) is 15.3. The van der Waals surface area contributed by atoms with E-state index < -0.39 is 0 Å². The second kappa shape index (κ2) is 6.35. The number of carbonyl (C=O) groups is 1. The molecule has 0 bridgehead atoms. The van der Waals surface area contributed by atoms with Crippen LogP contribution in [0.5, 0.6) is 0 Å². The Kier molecular flexibility index (Phi) is 4.05. The Morgan fingerprint density at radius 3 is 2.58 bits per heavy atom. The summed E-state index contributed by atoms with van der Waals surface area (Å²) in [7, 11) is 0. The summed E-state index contributed by atoms with van der Waals surface area (Å²) in [6.07, 6.45) is 5.97. The largest absolute Gasteiger partial charge is 0.351 e. The van der Waals surface area contributed by atoms with Crippen molar-refractivity contribution in [2.75, 3.05) is 50.7 Å². The number of aromatic nitrogens is 4. The maximum absolute atomic E-state index is 12.3. The molecule has 0 radical (unpaired) electrons. The van der Waals surface area contributed by atoms with Crippen molar-refractivity contribution < 1.29 is 4.79 Å². The van der Waals surface area contributed by atoms with Gasteiger partial charge in [0.25, 0.3) is 0 Å². The van der Waals surface area contributed by atoms with Crippen molar-refractivity contribution in [1.82, 2.24) is 29.4 Å². The van der Waals surface area contributed by atoms with Crippen LogP contribution in [0.3, 0.4) is 0 Å². The normalized spacial score (nSPS) is 19.4. The van der Waals surface area contributed by atoms with Crippen molar-refractivity contribution in [3.8, 4) is 0 Å². The Bertz CT molecular complexity index is 729. The Morgan fingerprint density at radius 1 is 1.08 bits per heavy atom. The molecule has 0 aliphatic carbocycles. The Balaban J connectivity index is 1.39. The van der Waals surface area contributed by atoms with Crippen LogP contribution in [0.4, 0.5) is 5.82 Å². The second-order valence-electron chi connectivity index (χ2n) is 6.54. The van der Waals surface area contributed by atoms with Gasteiger partial charge in [0.15, 0.2) is 5.82 Å². The van der Waals surface area contributed by atoms with Crippen LogP contribution in [0.15, 0.2) is 12.4 Å². The molecular weight excluding hydrogens is 306 g/mol. The highest BCUT2D eigenvalue weighted by molar-refractivity contribution is 5.78. The predicted octanol–water partition coefficient (Wildman–Crippen LogP) is 0.177. The standard InChI is InChI=1S/C16H23N7O/c1-13-18-19-16-15(17-4-7-23(13)16)22-10-8-20(9-11-22)12-14(24)21-5-2-3-6-21/h4,7H,2-3,5-6,8-12H2,1H3. The molecule has 2 aliphatic rings. The van der Waals surface area contributed by atoms with Gasteiger partial charge in [0.2, 0.25) is 11.6 Å². The smallest absolute Gasteiger partial charge is 0.236 e. The molecule has 2 saturated heterocycles. The van der Waals surface area contributed by atoms with E-state index in [-0.39, 0.29) is 5.91 Å². The second-order valence-corrected chi connectivity index (χ2v) is 6.54. The molecule has 128 valence electrons. The van der Waals surface area contributed by atoms with Crippen molar-refractivity contribution >= 4 is 17.4 Å². The SMILES string of the molecule is Cc1nnc2c(N3CCN(CC(=O)N4CCCC4)CC3)nccn12. The van der Waals surface area contributed by atoms with E-state index in [9.17, 15) is 4.79 Å². The lowest BCUT2D eigenvalue weighted by Gasteiger charge is -2.35. The number of anilines is 1. The average Bonchev–Trinajstić information content (AvgIpc) is 3.26. The van der Waals surface area contributed by atoms with Gasteiger partial charge in [-0.05, 0) is 19.8 Å². The number of piperazine rings is 1. The number of amides is 1. The molecule has 0 unspecified atom stereocenters. The highest BCUT2D eigenvalue weighted by Crippen LogP contribution is 2.19. The molecule has 4 rings (SSSR count). The third-order valence-corrected chi connectivity index (χ3v) is 4.97. The molecule has 2 fully saturated rings. The first-order valence-electron chi connectivity index (χ1n) is 8.64. The molecule has 0 aromatic carbocycles. The molecule has 0 saturated carbocycles. The fraction of sp³-hybridized carbons (Fsp3) is 0.625. The number of carbonyl (C=O) groups excluding carboxylic acids is 1. The maximum atomic E-state index is 12.3. The lowest BCUT2D eigenvalue weighted by molar-refractivity contribution is -0.131. The molecule has 2 aliphatic heterocycles. The summed E-state index contributed by atoms with van der Waals surface area (Å²) in [4.78, 5) is 23.3. The van der Waals surface area contributed by atoms with Crippen LogP contribution < -0.4 is 4.90 Å². The van der Waals surface area contributed by atoms with Gasteiger partial charge < -0.3 is 9.80 Å². The van der Waals surface area contributed by atoms with Crippen LogP contribution in [0, 0.1) is 6.92 Å². The first-order chi connectivity index (χ1) is 11.7. The minimum atomic E-state index is 0.272. The molecule has 8 heteroatoms. The summed E-state index contributed by atoms with van der Waals surface area (Å²) in [5.41, 5.74) is 0.802. The van der Waals surface area contributed by atoms with Crippen molar-refractivity contribution in [3.05, 3.63) is 18.2 Å². The summed E-state index contributed by atoms with van der Waals surface area (Å²) in [6, 6.07) is 0. The Labute approximate surface area is 141 Å². The first-order valence-corrected chi connectivity index (χ1v) is 8.64. The van der Waals surface area contributed by atoms with E-state index in [1.165, 1.54) is 0 Å². The molecule has 0 N–H and O–H groups in total. The van der Waals surface area contributed by atoms with Crippen molar-refractivity contribution in [3.63, 3.8) is 0 Å². The predicted molar refractivity (Wildman–Crippen MR) is 90.0 cm³/mol. The van der Waals surface area contributed by atoms with Gasteiger partial charge in [0, 0.05) is 51.7 Å². The van der Waals surface area contributed by atoms with E-state index >= 15 is 0 Å². The van der Waals surface area contributed by atoms with Gasteiger partial charge >= 0.3 is 0 Å². The van der Waals surface area contributed by atoms with Gasteiger partial charge in [-0.3, -0.25) is 14.1 Å². The fourth-order valence-corrected chi connectivity index (χ4v) is 3.53. The molecule has 8 nitrogen and oxygen atoms in total. The van der Waals surface area contributed by atoms with Crippen LogP contribution >= 0.6 is 0 Å². The van der Waals surface area contributed by atoms with Gasteiger partial charge in [-0.1, -0.05) is 0 Å². The molecular formula is C16H23N7O. The summed E-state index contributed by atoms with van der Waals surface area (Å²) in [6.45, 7) is 7.78. The van der Waals surface area contributed by atoms with Gasteiger partial charge in [-0.15, -0.1) is 10.2 Å². The molecule has 1 amide bonds. The third kappa shape index (κ3) is 2.82. The quantitative estimate of drug-likeness (QED) is 0.800. The van der Waals surface area contributed by atoms with Gasteiger partial charge in [-0.2, -0.15) is 0 Å². The molecule has 0 atom stereocenters. The monoisotopic (exact) mass is 329 g/mol. The maximum Gasteiger partial charge on any atom is 0.236 e. The van der Waals surface area contributed by atoms with Crippen molar-refractivity contribution in [2.45, 2.75) is 19.8 Å². The third-order valence-electron chi connectivity index (χ3n) is 4.97. The summed E-state index contributed by atoms with van der Waals surface area (Å²) < 4.78 is 1.96. The minimum absolute atomic E-state index is 0.272. The van der Waals surface area contributed by atoms with E-state index in [0.717, 1.165) is 69.4 Å². The summed E-state index contributed by atoms with van der Waals surface area (Å²) in [5.74, 6) is 2.02. The van der Waals surface area contributed by atoms with E-state index in [1.54, 1.807) is 6.20 Å². The van der Waals surface area contributed by atoms with Crippen molar-refractivity contribution in [1.29, 1.82) is 0 Å². The zero-order valence-electron chi connectivity index (χ0n) is 14.1. The van der Waals surface area contributed by atoms with E-state index in [1.807, 2.05) is 22.4 Å². The fourth-order valence-electron chi connectivity index (χ4n) is 3.53. The van der Waals surface area contributed by atoms with E-state index in [4.69, 9.17) is 0 Å². The van der Waals surface area contributed by atoms with Crippen LogP contribution in [0.25, 0.3) is 5.65 Å². The molecule has 2 aromatic heterocycles. The lowest BCUT2D eigenvalue weighted by Crippen LogP contribution is -2.50. The number of nitrogens with zero attached hydrogens (tertiary/aromatic N) is 7. The van der Waals surface area contributed by atoms with Crippen LogP contribution in [-0.2, 0) is 4.79 Å². The van der Waals surface area contributed by atoms with E-state index in [2.05, 4.69) is 25.0 Å². The van der Waals surface area contributed by atoms with Crippen LogP contribution in [0.2, 0.25) is 0 Å². The number of rotatable bonds is 3. The highest BCUT2D eigenvalue weighted by Gasteiger charge is 2.25. The minimum Gasteiger partial charge on any atom is -0.351 e. The number of hydrogen-bond donors (Lipinski definition) is 0. The highest BCUT2D eigenvalue weighted by atomic mass is 16.2. The zero-order chi connectivity index (χ0) is 16.5. The molecule has 4 heterocycles. The van der Waals surface area contributed by atoms with Gasteiger partial charge in [0.05, 0.1) is 6.54 Å². The van der Waals surface area contributed by atoms with Crippen molar-refractivity contribution in [2.24, 2.45) is 0 Å². The topological polar surface area (TPSA) is 69.9 Å². The number of aryl methyl sites for hydroxylation is 1. The van der Waals surface area contributed by atoms with Crippen LogP contribution in [0.1, 0.15) is 18.7 Å². The Morgan fingerprint density at radius 2 is 1.83 bits per heavy atom. The Hall–Kier alpha value is -2.22. The zero-order valence-corrected chi connectivity index (χ0v) is 14.1. The number of hydrogen-bond acceptors (Lipinski definition) is 6. The average molecular weight is 329 g/mol. The van der Waals surface area contributed by atoms with Gasteiger partial charge in [0.1, 0.15) is 5.82 Å². The lowest BCUT2D eigenvalue weighted by atomic mass is 10.3. The number of likely N-dealkylation sites (tertiary alicyclic amines) is 1.